The van der Waals surface area contributed by atoms with Gasteiger partial charge in [0.15, 0.2) is 11.5 Å². The highest BCUT2D eigenvalue weighted by Crippen LogP contribution is 2.22. The molecule has 0 aromatic carbocycles. The molecule has 7 nitrogen and oxygen atoms in total. The molecule has 0 saturated carbocycles. The Morgan fingerprint density at radius 1 is 1.24 bits per heavy atom. The van der Waals surface area contributed by atoms with Gasteiger partial charge in [0, 0.05) is 27.2 Å². The molecule has 1 aliphatic heterocycles. The van der Waals surface area contributed by atoms with Crippen LogP contribution < -0.4 is 4.90 Å². The number of rotatable bonds is 3. The zero-order chi connectivity index (χ0) is 15.4. The lowest BCUT2D eigenvalue weighted by molar-refractivity contribution is -0.146. The Bertz CT molecular complexity index is 507. The fourth-order valence-corrected chi connectivity index (χ4v) is 2.35. The molecule has 0 spiro atoms. The highest BCUT2D eigenvalue weighted by Gasteiger charge is 2.26. The quantitative estimate of drug-likeness (QED) is 0.758. The largest absolute Gasteiger partial charge is 0.469 e. The summed E-state index contributed by atoms with van der Waals surface area (Å²) in [6.07, 6.45) is 1.49. The summed E-state index contributed by atoms with van der Waals surface area (Å²) in [6, 6.07) is 3.47. The van der Waals surface area contributed by atoms with Gasteiger partial charge < -0.3 is 14.5 Å². The highest BCUT2D eigenvalue weighted by molar-refractivity contribution is 5.91. The molecule has 2 rings (SSSR count). The van der Waals surface area contributed by atoms with Crippen LogP contribution in [0.5, 0.6) is 0 Å². The van der Waals surface area contributed by atoms with E-state index >= 15 is 0 Å². The zero-order valence-corrected chi connectivity index (χ0v) is 12.6. The van der Waals surface area contributed by atoms with Crippen molar-refractivity contribution in [1.82, 2.24) is 15.1 Å². The second kappa shape index (κ2) is 6.51. The van der Waals surface area contributed by atoms with E-state index in [2.05, 4.69) is 15.1 Å². The number of methoxy groups -OCH3 is 1. The van der Waals surface area contributed by atoms with Crippen molar-refractivity contribution < 1.29 is 14.3 Å². The van der Waals surface area contributed by atoms with Gasteiger partial charge in [-0.1, -0.05) is 0 Å². The third kappa shape index (κ3) is 3.48. The van der Waals surface area contributed by atoms with Crippen molar-refractivity contribution in [2.75, 3.05) is 39.2 Å². The van der Waals surface area contributed by atoms with Gasteiger partial charge in [-0.15, -0.1) is 10.2 Å². The predicted molar refractivity (Wildman–Crippen MR) is 77.0 cm³/mol. The molecule has 0 unspecified atom stereocenters. The Kier molecular flexibility index (Phi) is 4.72. The minimum Gasteiger partial charge on any atom is -0.469 e. The lowest BCUT2D eigenvalue weighted by Crippen LogP contribution is -2.37. The molecule has 1 aromatic heterocycles. The Morgan fingerprint density at radius 3 is 2.38 bits per heavy atom. The Balaban J connectivity index is 1.98. The number of hydrogen-bond acceptors (Lipinski definition) is 6. The number of piperidine rings is 1. The Morgan fingerprint density at radius 2 is 1.90 bits per heavy atom. The van der Waals surface area contributed by atoms with Crippen molar-refractivity contribution in [1.29, 1.82) is 0 Å². The molecule has 0 aliphatic carbocycles. The van der Waals surface area contributed by atoms with E-state index in [1.165, 1.54) is 12.0 Å². The molecule has 1 saturated heterocycles. The first-order chi connectivity index (χ1) is 10.0. The molecular formula is C14H20N4O3. The monoisotopic (exact) mass is 292 g/mol. The molecule has 1 amide bonds. The van der Waals surface area contributed by atoms with Crippen LogP contribution in [-0.2, 0) is 9.53 Å². The van der Waals surface area contributed by atoms with Gasteiger partial charge in [-0.3, -0.25) is 9.59 Å². The summed E-state index contributed by atoms with van der Waals surface area (Å²) in [5.74, 6) is 0.383. The minimum absolute atomic E-state index is 0.0335. The molecule has 0 N–H and O–H groups in total. The first-order valence-corrected chi connectivity index (χ1v) is 6.91. The van der Waals surface area contributed by atoms with E-state index < -0.39 is 0 Å². The number of amides is 1. The molecule has 0 radical (unpaired) electrons. The third-order valence-corrected chi connectivity index (χ3v) is 3.63. The molecule has 114 valence electrons. The van der Waals surface area contributed by atoms with E-state index in [0.717, 1.165) is 31.7 Å². The number of anilines is 1. The SMILES string of the molecule is COC(=O)C1CCN(c2ccc(C(=O)N(C)C)nn2)CC1. The fraction of sp³-hybridized carbons (Fsp3) is 0.571. The molecule has 1 aliphatic rings. The standard InChI is InChI=1S/C14H20N4O3/c1-17(2)13(19)11-4-5-12(16-15-11)18-8-6-10(7-9-18)14(20)21-3/h4-5,10H,6-9H2,1-3H3. The van der Waals surface area contributed by atoms with Crippen molar-refractivity contribution in [2.45, 2.75) is 12.8 Å². The minimum atomic E-state index is -0.168. The Labute approximate surface area is 123 Å². The number of hydrogen-bond donors (Lipinski definition) is 0. The van der Waals surface area contributed by atoms with Crippen molar-refractivity contribution in [3.05, 3.63) is 17.8 Å². The lowest BCUT2D eigenvalue weighted by atomic mass is 9.97. The van der Waals surface area contributed by atoms with Crippen LogP contribution in [0, 0.1) is 5.92 Å². The van der Waals surface area contributed by atoms with Crippen molar-refractivity contribution in [3.63, 3.8) is 0 Å². The summed E-state index contributed by atoms with van der Waals surface area (Å²) >= 11 is 0. The van der Waals surface area contributed by atoms with Gasteiger partial charge in [0.05, 0.1) is 13.0 Å². The topological polar surface area (TPSA) is 75.6 Å². The van der Waals surface area contributed by atoms with Crippen LogP contribution in [0.25, 0.3) is 0 Å². The molecule has 21 heavy (non-hydrogen) atoms. The average Bonchev–Trinajstić information content (AvgIpc) is 2.53. The molecule has 1 aromatic rings. The predicted octanol–water partition coefficient (Wildman–Crippen LogP) is 0.568. The first-order valence-electron chi connectivity index (χ1n) is 6.91. The lowest BCUT2D eigenvalue weighted by Gasteiger charge is -2.31. The molecule has 1 fully saturated rings. The molecule has 7 heteroatoms. The number of carbonyl (C=O) groups is 2. The van der Waals surface area contributed by atoms with Crippen LogP contribution in [-0.4, -0.2) is 61.3 Å². The molecule has 2 heterocycles. The van der Waals surface area contributed by atoms with Gasteiger partial charge >= 0.3 is 5.97 Å². The fourth-order valence-electron chi connectivity index (χ4n) is 2.35. The highest BCUT2D eigenvalue weighted by atomic mass is 16.5. The Hall–Kier alpha value is -2.18. The average molecular weight is 292 g/mol. The summed E-state index contributed by atoms with van der Waals surface area (Å²) < 4.78 is 4.77. The van der Waals surface area contributed by atoms with Crippen LogP contribution in [0.4, 0.5) is 5.82 Å². The van der Waals surface area contributed by atoms with E-state index in [1.54, 1.807) is 26.2 Å². The van der Waals surface area contributed by atoms with Gasteiger partial charge in [0.2, 0.25) is 0 Å². The number of nitrogens with zero attached hydrogens (tertiary/aromatic N) is 4. The summed E-state index contributed by atoms with van der Waals surface area (Å²) in [6.45, 7) is 1.46. The number of ether oxygens (including phenoxy) is 1. The van der Waals surface area contributed by atoms with E-state index in [4.69, 9.17) is 4.74 Å². The van der Waals surface area contributed by atoms with Crippen molar-refractivity contribution in [2.24, 2.45) is 5.92 Å². The van der Waals surface area contributed by atoms with Crippen LogP contribution in [0.1, 0.15) is 23.3 Å². The van der Waals surface area contributed by atoms with Gasteiger partial charge in [0.1, 0.15) is 0 Å². The smallest absolute Gasteiger partial charge is 0.308 e. The van der Waals surface area contributed by atoms with E-state index in [9.17, 15) is 9.59 Å². The van der Waals surface area contributed by atoms with Crippen molar-refractivity contribution >= 4 is 17.7 Å². The normalized spacial score (nSPS) is 15.7. The van der Waals surface area contributed by atoms with Gasteiger partial charge in [0.25, 0.3) is 5.91 Å². The number of carbonyl (C=O) groups excluding carboxylic acids is 2. The molecule has 0 atom stereocenters. The van der Waals surface area contributed by atoms with E-state index in [-0.39, 0.29) is 17.8 Å². The van der Waals surface area contributed by atoms with Gasteiger partial charge in [-0.05, 0) is 25.0 Å². The van der Waals surface area contributed by atoms with E-state index in [0.29, 0.717) is 5.69 Å². The maximum atomic E-state index is 11.7. The maximum Gasteiger partial charge on any atom is 0.308 e. The molecular weight excluding hydrogens is 272 g/mol. The summed E-state index contributed by atoms with van der Waals surface area (Å²) in [5, 5.41) is 8.08. The first kappa shape index (κ1) is 15.2. The third-order valence-electron chi connectivity index (χ3n) is 3.63. The van der Waals surface area contributed by atoms with E-state index in [1.807, 2.05) is 0 Å². The second-order valence-electron chi connectivity index (χ2n) is 5.26. The number of esters is 1. The van der Waals surface area contributed by atoms with Gasteiger partial charge in [-0.2, -0.15) is 0 Å². The summed E-state index contributed by atoms with van der Waals surface area (Å²) in [7, 11) is 4.77. The summed E-state index contributed by atoms with van der Waals surface area (Å²) in [4.78, 5) is 26.8. The number of aromatic nitrogens is 2. The second-order valence-corrected chi connectivity index (χ2v) is 5.26. The van der Waals surface area contributed by atoms with Gasteiger partial charge in [-0.25, -0.2) is 0 Å². The molecule has 0 bridgehead atoms. The van der Waals surface area contributed by atoms with Crippen LogP contribution in [0.2, 0.25) is 0 Å². The van der Waals surface area contributed by atoms with Crippen LogP contribution >= 0.6 is 0 Å². The van der Waals surface area contributed by atoms with Crippen LogP contribution in [0.3, 0.4) is 0 Å². The maximum absolute atomic E-state index is 11.7. The zero-order valence-electron chi connectivity index (χ0n) is 12.6. The van der Waals surface area contributed by atoms with Crippen molar-refractivity contribution in [3.8, 4) is 0 Å². The summed E-state index contributed by atoms with van der Waals surface area (Å²) in [5.41, 5.74) is 0.327. The van der Waals surface area contributed by atoms with Crippen LogP contribution in [0.15, 0.2) is 12.1 Å².